The van der Waals surface area contributed by atoms with Crippen molar-refractivity contribution in [3.63, 3.8) is 0 Å². The van der Waals surface area contributed by atoms with Crippen LogP contribution in [0.3, 0.4) is 0 Å². The number of aryl methyl sites for hydroxylation is 2. The molecule has 0 fully saturated rings. The molecule has 0 unspecified atom stereocenters. The van der Waals surface area contributed by atoms with Crippen molar-refractivity contribution in [3.05, 3.63) is 85.3 Å². The Morgan fingerprint density at radius 3 is 1.80 bits per heavy atom. The second-order valence-corrected chi connectivity index (χ2v) is 10.2. The average molecular weight is 563 g/mol. The van der Waals surface area contributed by atoms with E-state index in [9.17, 15) is 18.6 Å². The van der Waals surface area contributed by atoms with Crippen LogP contribution in [0.25, 0.3) is 0 Å². The summed E-state index contributed by atoms with van der Waals surface area (Å²) in [5.41, 5.74) is 1.18. The molecule has 0 aromatic heterocycles. The molecule has 1 radical (unpaired) electrons. The number of aromatic hydroxyl groups is 2. The molecule has 1 aliphatic rings. The van der Waals surface area contributed by atoms with Gasteiger partial charge in [-0.3, -0.25) is 0 Å². The van der Waals surface area contributed by atoms with E-state index in [1.54, 1.807) is 56.3 Å². The molecule has 3 aromatic carbocycles. The molecule has 0 atom stereocenters. The molecule has 0 amide bonds. The molecule has 0 saturated carbocycles. The van der Waals surface area contributed by atoms with Crippen LogP contribution in [0.1, 0.15) is 27.8 Å². The van der Waals surface area contributed by atoms with E-state index in [1.807, 2.05) is 0 Å². The van der Waals surface area contributed by atoms with Crippen molar-refractivity contribution in [1.29, 1.82) is 0 Å². The van der Waals surface area contributed by atoms with E-state index < -0.39 is 15.7 Å². The van der Waals surface area contributed by atoms with Gasteiger partial charge in [0, 0.05) is 35.1 Å². The van der Waals surface area contributed by atoms with E-state index in [1.165, 1.54) is 6.07 Å². The third kappa shape index (κ3) is 3.56. The van der Waals surface area contributed by atoms with E-state index in [0.717, 1.165) is 0 Å². The first kappa shape index (κ1) is 23.8. The zero-order valence-corrected chi connectivity index (χ0v) is 22.4. The predicted molar refractivity (Wildman–Crippen MR) is 121 cm³/mol. The number of rotatable bonds is 2. The zero-order chi connectivity index (χ0) is 21.1. The Morgan fingerprint density at radius 2 is 1.33 bits per heavy atom. The van der Waals surface area contributed by atoms with Gasteiger partial charge < -0.3 is 10.2 Å². The molecule has 0 bridgehead atoms. The Labute approximate surface area is 213 Å². The number of hydrogen-bond acceptors (Lipinski definition) is 5. The molecular formula is C21H16Br2NaO5S. The Morgan fingerprint density at radius 1 is 0.867 bits per heavy atom. The molecule has 3 aromatic rings. The smallest absolute Gasteiger partial charge is 0.298 e. The summed E-state index contributed by atoms with van der Waals surface area (Å²) in [5.74, 6) is 0.141. The van der Waals surface area contributed by atoms with Crippen molar-refractivity contribution in [3.8, 4) is 11.5 Å². The number of fused-ring (bicyclic) bond motifs is 1. The molecule has 0 spiro atoms. The Hall–Kier alpha value is -0.870. The standard InChI is InChI=1S/C21H16Br2O5S.Na/c1-11-7-13(9-16(22)19(11)24)21(14-8-12(2)20(25)17(23)10-14)15-5-3-4-6-18(15)29(26,27)28-21;/h3-10,24-25H,1-2H3;. The van der Waals surface area contributed by atoms with Crippen molar-refractivity contribution in [2.24, 2.45) is 0 Å². The molecule has 2 N–H and O–H groups in total. The minimum Gasteiger partial charge on any atom is -0.506 e. The summed E-state index contributed by atoms with van der Waals surface area (Å²) in [6, 6.07) is 13.3. The van der Waals surface area contributed by atoms with Crippen LogP contribution in [0.5, 0.6) is 11.5 Å². The summed E-state index contributed by atoms with van der Waals surface area (Å²) in [5, 5.41) is 20.4. The van der Waals surface area contributed by atoms with Gasteiger partial charge in [-0.25, -0.2) is 4.18 Å². The van der Waals surface area contributed by atoms with Crippen molar-refractivity contribution in [1.82, 2.24) is 0 Å². The molecule has 4 rings (SSSR count). The number of phenolic OH excluding ortho intramolecular Hbond substituents is 2. The molecule has 0 aliphatic carbocycles. The van der Waals surface area contributed by atoms with E-state index in [-0.39, 0.29) is 46.0 Å². The van der Waals surface area contributed by atoms with Gasteiger partial charge in [0.05, 0.1) is 8.95 Å². The van der Waals surface area contributed by atoms with Gasteiger partial charge in [-0.05, 0) is 98.3 Å². The second kappa shape index (κ2) is 8.24. The maximum atomic E-state index is 12.9. The Kier molecular flexibility index (Phi) is 6.53. The second-order valence-electron chi connectivity index (χ2n) is 6.96. The molecule has 9 heteroatoms. The van der Waals surface area contributed by atoms with Crippen LogP contribution in [0.2, 0.25) is 0 Å². The molecule has 1 heterocycles. The maximum Gasteiger partial charge on any atom is 0.298 e. The van der Waals surface area contributed by atoms with Gasteiger partial charge in [-0.15, -0.1) is 0 Å². The fraction of sp³-hybridized carbons (Fsp3) is 0.143. The normalized spacial score (nSPS) is 16.0. The summed E-state index contributed by atoms with van der Waals surface area (Å²) in [6.07, 6.45) is 0. The minimum atomic E-state index is -4.04. The third-order valence-electron chi connectivity index (χ3n) is 5.09. The van der Waals surface area contributed by atoms with Crippen LogP contribution >= 0.6 is 31.9 Å². The third-order valence-corrected chi connectivity index (χ3v) is 7.66. The topological polar surface area (TPSA) is 83.8 Å². The molecule has 30 heavy (non-hydrogen) atoms. The fourth-order valence-corrected chi connectivity index (χ4v) is 6.23. The van der Waals surface area contributed by atoms with E-state index >= 15 is 0 Å². The predicted octanol–water partition coefficient (Wildman–Crippen LogP) is 4.87. The monoisotopic (exact) mass is 561 g/mol. The first-order chi connectivity index (χ1) is 13.6. The first-order valence-electron chi connectivity index (χ1n) is 8.62. The van der Waals surface area contributed by atoms with Crippen molar-refractivity contribution in [2.45, 2.75) is 24.3 Å². The van der Waals surface area contributed by atoms with Gasteiger partial charge >= 0.3 is 0 Å². The summed E-state index contributed by atoms with van der Waals surface area (Å²) < 4.78 is 32.6. The van der Waals surface area contributed by atoms with E-state index in [4.69, 9.17) is 4.18 Å². The van der Waals surface area contributed by atoms with Crippen LogP contribution in [0, 0.1) is 13.8 Å². The van der Waals surface area contributed by atoms with Crippen molar-refractivity contribution < 1.29 is 22.8 Å². The zero-order valence-electron chi connectivity index (χ0n) is 16.4. The van der Waals surface area contributed by atoms with Gasteiger partial charge in [-0.2, -0.15) is 8.42 Å². The molecule has 1 aliphatic heterocycles. The molecular weight excluding hydrogens is 547 g/mol. The number of halogens is 2. The first-order valence-corrected chi connectivity index (χ1v) is 11.6. The van der Waals surface area contributed by atoms with E-state index in [0.29, 0.717) is 36.8 Å². The van der Waals surface area contributed by atoms with Crippen LogP contribution in [-0.4, -0.2) is 48.2 Å². The Bertz CT molecular complexity index is 1170. The van der Waals surface area contributed by atoms with Crippen LogP contribution < -0.4 is 0 Å². The SMILES string of the molecule is Cc1cc(C2(c3cc(C)c(O)c(Br)c3)OS(=O)(=O)c3ccccc32)cc(Br)c1O.[Na]. The van der Waals surface area contributed by atoms with Crippen LogP contribution in [0.15, 0.2) is 62.4 Å². The summed E-state index contributed by atoms with van der Waals surface area (Å²) in [6.45, 7) is 3.45. The van der Waals surface area contributed by atoms with Gasteiger partial charge in [0.1, 0.15) is 16.4 Å². The van der Waals surface area contributed by atoms with Gasteiger partial charge in [0.2, 0.25) is 0 Å². The van der Waals surface area contributed by atoms with Gasteiger partial charge in [-0.1, -0.05) is 18.2 Å². The molecule has 5 nitrogen and oxygen atoms in total. The molecule has 151 valence electrons. The number of phenols is 2. The number of benzene rings is 3. The van der Waals surface area contributed by atoms with Gasteiger partial charge in [0.15, 0.2) is 5.60 Å². The number of hydrogen-bond donors (Lipinski definition) is 2. The summed E-state index contributed by atoms with van der Waals surface area (Å²) in [4.78, 5) is 0.0868. The Balaban J connectivity index is 0.00000256. The fourth-order valence-electron chi connectivity index (χ4n) is 3.68. The maximum absolute atomic E-state index is 12.9. The summed E-state index contributed by atoms with van der Waals surface area (Å²) in [7, 11) is -4.04. The van der Waals surface area contributed by atoms with Crippen LogP contribution in [-0.2, 0) is 19.9 Å². The summed E-state index contributed by atoms with van der Waals surface area (Å²) >= 11 is 6.69. The largest absolute Gasteiger partial charge is 0.506 e. The molecule has 0 saturated heterocycles. The van der Waals surface area contributed by atoms with Gasteiger partial charge in [0.25, 0.3) is 10.1 Å². The van der Waals surface area contributed by atoms with Crippen molar-refractivity contribution in [2.75, 3.05) is 0 Å². The average Bonchev–Trinajstić information content (AvgIpc) is 2.92. The van der Waals surface area contributed by atoms with E-state index in [2.05, 4.69) is 31.9 Å². The quantitative estimate of drug-likeness (QED) is 0.344. The minimum absolute atomic E-state index is 0. The van der Waals surface area contributed by atoms with Crippen LogP contribution in [0.4, 0.5) is 0 Å². The van der Waals surface area contributed by atoms with Crippen molar-refractivity contribution >= 4 is 71.5 Å².